The maximum Gasteiger partial charge on any atom is 0.255 e. The number of amides is 1. The number of benzene rings is 1. The van der Waals surface area contributed by atoms with Gasteiger partial charge in [0.2, 0.25) is 0 Å². The summed E-state index contributed by atoms with van der Waals surface area (Å²) in [7, 11) is 1.52. The van der Waals surface area contributed by atoms with Crippen LogP contribution in [0.25, 0.3) is 0 Å². The average molecular weight is 292 g/mol. The molecule has 6 heteroatoms. The number of hydrogen-bond acceptors (Lipinski definition) is 4. The second-order valence-electron chi connectivity index (χ2n) is 4.18. The van der Waals surface area contributed by atoms with Crippen molar-refractivity contribution in [2.75, 3.05) is 18.2 Å². The Hall–Kier alpha value is -2.27. The molecular formula is C14H14ClN3O2. The Morgan fingerprint density at radius 3 is 2.70 bits per heavy atom. The molecule has 1 amide bonds. The second kappa shape index (κ2) is 5.79. The highest BCUT2D eigenvalue weighted by Crippen LogP contribution is 2.23. The normalized spacial score (nSPS) is 10.2. The number of rotatable bonds is 3. The quantitative estimate of drug-likeness (QED) is 0.673. The molecule has 3 N–H and O–H groups in total. The van der Waals surface area contributed by atoms with Crippen molar-refractivity contribution in [1.29, 1.82) is 0 Å². The maximum atomic E-state index is 12.1. The minimum absolute atomic E-state index is 0.272. The van der Waals surface area contributed by atoms with E-state index < -0.39 is 0 Å². The van der Waals surface area contributed by atoms with Crippen molar-refractivity contribution >= 4 is 28.9 Å². The molecule has 5 nitrogen and oxygen atoms in total. The maximum absolute atomic E-state index is 12.1. The monoisotopic (exact) mass is 291 g/mol. The van der Waals surface area contributed by atoms with Crippen molar-refractivity contribution < 1.29 is 9.53 Å². The van der Waals surface area contributed by atoms with E-state index in [1.165, 1.54) is 7.11 Å². The zero-order valence-corrected chi connectivity index (χ0v) is 11.9. The number of pyridine rings is 1. The van der Waals surface area contributed by atoms with Crippen LogP contribution in [0.3, 0.4) is 0 Å². The van der Waals surface area contributed by atoms with Gasteiger partial charge in [-0.15, -0.1) is 0 Å². The summed E-state index contributed by atoms with van der Waals surface area (Å²) in [5, 5.41) is 3.15. The molecule has 0 aliphatic heterocycles. The van der Waals surface area contributed by atoms with Crippen molar-refractivity contribution in [2.45, 2.75) is 6.92 Å². The molecule has 0 radical (unpaired) electrons. The van der Waals surface area contributed by atoms with Gasteiger partial charge < -0.3 is 15.8 Å². The minimum atomic E-state index is -0.272. The molecule has 2 rings (SSSR count). The number of aromatic nitrogens is 1. The molecule has 1 aromatic carbocycles. The molecule has 0 spiro atoms. The Bertz CT molecular complexity index is 659. The van der Waals surface area contributed by atoms with E-state index in [2.05, 4.69) is 10.3 Å². The predicted octanol–water partition coefficient (Wildman–Crippen LogP) is 2.89. The zero-order chi connectivity index (χ0) is 14.7. The molecule has 20 heavy (non-hydrogen) atoms. The number of halogens is 1. The first kappa shape index (κ1) is 14.1. The Kier molecular flexibility index (Phi) is 4.10. The molecule has 104 valence electrons. The molecule has 0 fully saturated rings. The summed E-state index contributed by atoms with van der Waals surface area (Å²) in [6.45, 7) is 1.77. The Morgan fingerprint density at radius 1 is 1.35 bits per heavy atom. The van der Waals surface area contributed by atoms with Crippen LogP contribution in [0.5, 0.6) is 5.75 Å². The van der Waals surface area contributed by atoms with Crippen LogP contribution in [0.4, 0.5) is 11.4 Å². The van der Waals surface area contributed by atoms with Gasteiger partial charge >= 0.3 is 0 Å². The van der Waals surface area contributed by atoms with Gasteiger partial charge in [-0.05, 0) is 37.3 Å². The number of ether oxygens (including phenoxy) is 1. The average Bonchev–Trinajstić information content (AvgIpc) is 2.41. The number of methoxy groups -OCH3 is 1. The van der Waals surface area contributed by atoms with Gasteiger partial charge in [-0.1, -0.05) is 11.6 Å². The van der Waals surface area contributed by atoms with E-state index in [1.54, 1.807) is 37.3 Å². The first-order valence-corrected chi connectivity index (χ1v) is 6.27. The molecule has 1 heterocycles. The van der Waals surface area contributed by atoms with Crippen LogP contribution in [-0.4, -0.2) is 18.0 Å². The smallest absolute Gasteiger partial charge is 0.255 e. The van der Waals surface area contributed by atoms with E-state index in [-0.39, 0.29) is 5.91 Å². The summed E-state index contributed by atoms with van der Waals surface area (Å²) < 4.78 is 5.05. The topological polar surface area (TPSA) is 77.2 Å². The number of nitrogen functional groups attached to an aromatic ring is 1. The molecular weight excluding hydrogens is 278 g/mol. The number of nitrogens with one attached hydrogen (secondary N) is 1. The Labute approximate surface area is 121 Å². The van der Waals surface area contributed by atoms with Crippen LogP contribution in [0.2, 0.25) is 5.15 Å². The summed E-state index contributed by atoms with van der Waals surface area (Å²) in [4.78, 5) is 16.2. The lowest BCUT2D eigenvalue weighted by Gasteiger charge is -2.09. The van der Waals surface area contributed by atoms with Crippen LogP contribution in [0, 0.1) is 6.92 Å². The summed E-state index contributed by atoms with van der Waals surface area (Å²) in [6, 6.07) is 8.18. The number of carbonyl (C=O) groups excluding carboxylic acids is 1. The van der Waals surface area contributed by atoms with Gasteiger partial charge in [-0.2, -0.15) is 0 Å². The van der Waals surface area contributed by atoms with E-state index in [1.807, 2.05) is 0 Å². The predicted molar refractivity (Wildman–Crippen MR) is 79.3 cm³/mol. The number of nitrogens with two attached hydrogens (primary N) is 1. The van der Waals surface area contributed by atoms with E-state index in [0.717, 1.165) is 0 Å². The molecule has 0 aliphatic rings. The standard InChI is InChI=1S/C14H14ClN3O2/c1-8-11(4-6-13(15)17-8)18-14(19)9-3-5-12(20-2)10(16)7-9/h3-7H,16H2,1-2H3,(H,18,19). The third-order valence-electron chi connectivity index (χ3n) is 2.79. The Morgan fingerprint density at radius 2 is 2.10 bits per heavy atom. The van der Waals surface area contributed by atoms with Crippen LogP contribution < -0.4 is 15.8 Å². The van der Waals surface area contributed by atoms with Crippen molar-refractivity contribution in [3.05, 3.63) is 46.7 Å². The number of nitrogens with zero attached hydrogens (tertiary/aromatic N) is 1. The summed E-state index contributed by atoms with van der Waals surface area (Å²) in [5.41, 5.74) is 7.88. The number of anilines is 2. The third-order valence-corrected chi connectivity index (χ3v) is 3.00. The molecule has 0 unspecified atom stereocenters. The number of aryl methyl sites for hydroxylation is 1. The highest BCUT2D eigenvalue weighted by atomic mass is 35.5. The van der Waals surface area contributed by atoms with Gasteiger partial charge in [0.1, 0.15) is 10.9 Å². The van der Waals surface area contributed by atoms with Gasteiger partial charge in [-0.25, -0.2) is 4.98 Å². The number of carbonyl (C=O) groups is 1. The highest BCUT2D eigenvalue weighted by Gasteiger charge is 2.10. The molecule has 2 aromatic rings. The van der Waals surface area contributed by atoms with Crippen molar-refractivity contribution in [3.8, 4) is 5.75 Å². The fourth-order valence-corrected chi connectivity index (χ4v) is 1.92. The van der Waals surface area contributed by atoms with E-state index >= 15 is 0 Å². The van der Waals surface area contributed by atoms with Crippen molar-refractivity contribution in [3.63, 3.8) is 0 Å². The zero-order valence-electron chi connectivity index (χ0n) is 11.1. The van der Waals surface area contributed by atoms with Crippen molar-refractivity contribution in [1.82, 2.24) is 4.98 Å². The molecule has 0 saturated carbocycles. The molecule has 0 aliphatic carbocycles. The fraction of sp³-hybridized carbons (Fsp3) is 0.143. The van der Waals surface area contributed by atoms with Gasteiger partial charge in [0.25, 0.3) is 5.91 Å². The second-order valence-corrected chi connectivity index (χ2v) is 4.57. The lowest BCUT2D eigenvalue weighted by atomic mass is 10.1. The summed E-state index contributed by atoms with van der Waals surface area (Å²) >= 11 is 5.77. The molecule has 0 bridgehead atoms. The number of hydrogen-bond donors (Lipinski definition) is 2. The first-order chi connectivity index (χ1) is 9.51. The fourth-order valence-electron chi connectivity index (χ4n) is 1.73. The SMILES string of the molecule is COc1ccc(C(=O)Nc2ccc(Cl)nc2C)cc1N. The molecule has 0 atom stereocenters. The lowest BCUT2D eigenvalue weighted by Crippen LogP contribution is -2.13. The van der Waals surface area contributed by atoms with E-state index in [9.17, 15) is 4.79 Å². The van der Waals surface area contributed by atoms with E-state index in [4.69, 9.17) is 22.1 Å². The Balaban J connectivity index is 2.21. The van der Waals surface area contributed by atoms with Gasteiger partial charge in [0.15, 0.2) is 0 Å². The van der Waals surface area contributed by atoms with Gasteiger partial charge in [0, 0.05) is 5.56 Å². The highest BCUT2D eigenvalue weighted by molar-refractivity contribution is 6.29. The van der Waals surface area contributed by atoms with Crippen molar-refractivity contribution in [2.24, 2.45) is 0 Å². The van der Waals surface area contributed by atoms with Gasteiger partial charge in [0.05, 0.1) is 24.2 Å². The largest absolute Gasteiger partial charge is 0.495 e. The minimum Gasteiger partial charge on any atom is -0.495 e. The van der Waals surface area contributed by atoms with E-state index in [0.29, 0.717) is 33.5 Å². The van der Waals surface area contributed by atoms with Crippen LogP contribution in [0.15, 0.2) is 30.3 Å². The van der Waals surface area contributed by atoms with Crippen LogP contribution in [0.1, 0.15) is 16.1 Å². The third kappa shape index (κ3) is 3.00. The molecule has 1 aromatic heterocycles. The summed E-state index contributed by atoms with van der Waals surface area (Å²) in [6.07, 6.45) is 0. The van der Waals surface area contributed by atoms with Crippen LogP contribution >= 0.6 is 11.6 Å². The first-order valence-electron chi connectivity index (χ1n) is 5.89. The lowest BCUT2D eigenvalue weighted by molar-refractivity contribution is 0.102. The van der Waals surface area contributed by atoms with Crippen LogP contribution in [-0.2, 0) is 0 Å². The van der Waals surface area contributed by atoms with Gasteiger partial charge in [-0.3, -0.25) is 4.79 Å². The molecule has 0 saturated heterocycles. The summed E-state index contributed by atoms with van der Waals surface area (Å²) in [5.74, 6) is 0.262.